The smallest absolute Gasteiger partial charge is 0.286 e. The highest BCUT2D eigenvalue weighted by Crippen LogP contribution is 2.31. The lowest BCUT2D eigenvalue weighted by Gasteiger charge is -2.13. The summed E-state index contributed by atoms with van der Waals surface area (Å²) in [5.74, 6) is -14.1. The number of carbonyl (C=O) groups excluding carboxylic acids is 2. The van der Waals surface area contributed by atoms with Crippen molar-refractivity contribution in [1.29, 1.82) is 0 Å². The van der Waals surface area contributed by atoms with E-state index in [2.05, 4.69) is 0 Å². The molecule has 0 atom stereocenters. The van der Waals surface area contributed by atoms with Crippen molar-refractivity contribution in [3.8, 4) is 0 Å². The first-order valence-electron chi connectivity index (χ1n) is 4.83. The van der Waals surface area contributed by atoms with Gasteiger partial charge in [0.1, 0.15) is 0 Å². The Morgan fingerprint density at radius 1 is 0.739 bits per heavy atom. The zero-order chi connectivity index (χ0) is 19.7. The van der Waals surface area contributed by atoms with Gasteiger partial charge >= 0.3 is 39.2 Å². The molecule has 0 saturated heterocycles. The van der Waals surface area contributed by atoms with E-state index in [9.17, 15) is 57.5 Å². The van der Waals surface area contributed by atoms with Gasteiger partial charge in [0.05, 0.1) is 0 Å². The number of hydrogen-bond acceptors (Lipinski definition) is 4. The lowest BCUT2D eigenvalue weighted by molar-refractivity contribution is -0.186. The van der Waals surface area contributed by atoms with Crippen molar-refractivity contribution in [3.63, 3.8) is 0 Å². The summed E-state index contributed by atoms with van der Waals surface area (Å²) >= 11 is 0. The summed E-state index contributed by atoms with van der Waals surface area (Å²) in [7, 11) is -6.39. The van der Waals surface area contributed by atoms with Gasteiger partial charge in [0.2, 0.25) is 0 Å². The third-order valence-electron chi connectivity index (χ3n) is 1.64. The molecule has 0 aliphatic heterocycles. The van der Waals surface area contributed by atoms with Gasteiger partial charge in [-0.3, -0.25) is 14.1 Å². The van der Waals surface area contributed by atoms with Crippen LogP contribution in [0.2, 0.25) is 0 Å². The average Bonchev–Trinajstić information content (AvgIpc) is 2.22. The third-order valence-corrected chi connectivity index (χ3v) is 2.48. The first-order valence-corrected chi connectivity index (χ1v) is 6.27. The molecule has 0 fully saturated rings. The molecule has 0 aliphatic rings. The molecule has 138 valence electrons. The molecule has 0 radical (unpaired) electrons. The maximum atomic E-state index is 11.9. The highest BCUT2D eigenvalue weighted by molar-refractivity contribution is 7.87. The van der Waals surface area contributed by atoms with E-state index in [1.807, 2.05) is 0 Å². The Morgan fingerprint density at radius 3 is 1.04 bits per heavy atom. The molecule has 0 aromatic heterocycles. The minimum Gasteiger partial charge on any atom is -0.286 e. The van der Waals surface area contributed by atoms with Crippen LogP contribution in [0.25, 0.3) is 0 Å². The maximum Gasteiger partial charge on any atom is 0.457 e. The third kappa shape index (κ3) is 7.15. The van der Waals surface area contributed by atoms with Gasteiger partial charge in [-0.1, -0.05) is 0 Å². The molecule has 15 heteroatoms. The van der Waals surface area contributed by atoms with E-state index in [0.29, 0.717) is 0 Å². The Bertz CT molecular complexity index is 536. The van der Waals surface area contributed by atoms with Gasteiger partial charge in [0.15, 0.2) is 0 Å². The molecule has 0 aromatic carbocycles. The van der Waals surface area contributed by atoms with E-state index in [-0.39, 0.29) is 13.8 Å². The van der Waals surface area contributed by atoms with Gasteiger partial charge in [0.25, 0.3) is 5.78 Å². The quantitative estimate of drug-likeness (QED) is 0.593. The molecular formula is C8H7F9O5S. The molecule has 0 spiro atoms. The minimum absolute atomic E-state index is 0.146. The Labute approximate surface area is 122 Å². The summed E-state index contributed by atoms with van der Waals surface area (Å²) in [5, 5.41) is -5.86. The highest BCUT2D eigenvalue weighted by Gasteiger charge is 2.62. The number of hydrogen-bond donors (Lipinski definition) is 1. The topological polar surface area (TPSA) is 88.5 Å². The molecule has 0 aliphatic carbocycles. The summed E-state index contributed by atoms with van der Waals surface area (Å²) < 4.78 is 132. The molecule has 5 nitrogen and oxygen atoms in total. The number of alkyl halides is 9. The summed E-state index contributed by atoms with van der Waals surface area (Å²) in [6.07, 6.45) is -6.03. The first-order chi connectivity index (χ1) is 9.56. The molecule has 0 amide bonds. The fraction of sp³-hybridized carbons (Fsp3) is 0.750. The van der Waals surface area contributed by atoms with Gasteiger partial charge in [-0.2, -0.15) is 47.9 Å². The fourth-order valence-corrected chi connectivity index (χ4v) is 1.02. The van der Waals surface area contributed by atoms with Crippen LogP contribution < -0.4 is 0 Å². The van der Waals surface area contributed by atoms with E-state index in [1.54, 1.807) is 0 Å². The molecule has 0 aromatic rings. The van der Waals surface area contributed by atoms with Crippen LogP contribution >= 0.6 is 0 Å². The molecule has 0 saturated carbocycles. The zero-order valence-electron chi connectivity index (χ0n) is 10.9. The normalized spacial score (nSPS) is 13.9. The van der Waals surface area contributed by atoms with Crippen molar-refractivity contribution in [2.75, 3.05) is 0 Å². The Kier molecular flexibility index (Phi) is 6.88. The van der Waals surface area contributed by atoms with Crippen molar-refractivity contribution < 1.29 is 62.1 Å². The molecule has 23 heavy (non-hydrogen) atoms. The number of halogens is 9. The average molecular weight is 386 g/mol. The largest absolute Gasteiger partial charge is 0.457 e. The van der Waals surface area contributed by atoms with Gasteiger partial charge in [0, 0.05) is 13.8 Å². The first kappa shape index (κ1) is 23.9. The SMILES string of the molecule is CC(F)(F)C(=O)C(C)(F)F.O=C(C(F)(F)F)C(F)(F)S(=O)(=O)O. The Morgan fingerprint density at radius 2 is 1.00 bits per heavy atom. The fourth-order valence-electron chi connectivity index (χ4n) is 0.668. The highest BCUT2D eigenvalue weighted by atomic mass is 32.2. The minimum atomic E-state index is -6.39. The van der Waals surface area contributed by atoms with E-state index < -0.39 is 45.0 Å². The molecule has 0 heterocycles. The lowest BCUT2D eigenvalue weighted by Crippen LogP contribution is -2.45. The summed E-state index contributed by atoms with van der Waals surface area (Å²) in [6.45, 7) is 0.291. The molecule has 0 unspecified atom stereocenters. The van der Waals surface area contributed by atoms with Gasteiger partial charge in [-0.15, -0.1) is 0 Å². The van der Waals surface area contributed by atoms with Crippen LogP contribution in [-0.2, 0) is 19.7 Å². The van der Waals surface area contributed by atoms with Crippen molar-refractivity contribution in [1.82, 2.24) is 0 Å². The predicted octanol–water partition coefficient (Wildman–Crippen LogP) is 2.46. The molecular weight excluding hydrogens is 379 g/mol. The summed E-state index contributed by atoms with van der Waals surface area (Å²) in [5.41, 5.74) is 0. The van der Waals surface area contributed by atoms with E-state index in [1.165, 1.54) is 0 Å². The van der Waals surface area contributed by atoms with Gasteiger partial charge in [-0.05, 0) is 0 Å². The van der Waals surface area contributed by atoms with Crippen LogP contribution in [0.5, 0.6) is 0 Å². The van der Waals surface area contributed by atoms with Crippen LogP contribution in [0.4, 0.5) is 39.5 Å². The standard InChI is InChI=1S/C5H6F4O.C3HF5O4S/c1-4(6,7)3(10)5(2,8)9;4-2(5,6)1(9)3(7,8)13(10,11)12/h1-2H3;(H,10,11,12). The number of Topliss-reactive ketones (excluding diaryl/α,β-unsaturated/α-hetero) is 2. The van der Waals surface area contributed by atoms with Gasteiger partial charge < -0.3 is 0 Å². The van der Waals surface area contributed by atoms with E-state index >= 15 is 0 Å². The van der Waals surface area contributed by atoms with E-state index in [4.69, 9.17) is 4.55 Å². The number of ketones is 2. The van der Waals surface area contributed by atoms with Crippen LogP contribution in [0.1, 0.15) is 13.8 Å². The van der Waals surface area contributed by atoms with Crippen molar-refractivity contribution in [2.45, 2.75) is 37.1 Å². The number of rotatable bonds is 4. The van der Waals surface area contributed by atoms with Gasteiger partial charge in [-0.25, -0.2) is 0 Å². The second-order valence-corrected chi connectivity index (χ2v) is 5.39. The Balaban J connectivity index is 0. The zero-order valence-corrected chi connectivity index (χ0v) is 11.7. The van der Waals surface area contributed by atoms with Crippen LogP contribution in [0.15, 0.2) is 0 Å². The predicted molar refractivity (Wildman–Crippen MR) is 53.8 cm³/mol. The molecule has 0 bridgehead atoms. The summed E-state index contributed by atoms with van der Waals surface area (Å²) in [6, 6.07) is 0. The maximum absolute atomic E-state index is 11.9. The number of carbonyl (C=O) groups is 2. The molecule has 1 N–H and O–H groups in total. The monoisotopic (exact) mass is 386 g/mol. The summed E-state index contributed by atoms with van der Waals surface area (Å²) in [4.78, 5) is 19.7. The van der Waals surface area contributed by atoms with Crippen LogP contribution in [-0.4, -0.2) is 47.8 Å². The van der Waals surface area contributed by atoms with E-state index in [0.717, 1.165) is 0 Å². The van der Waals surface area contributed by atoms with Crippen molar-refractivity contribution >= 4 is 21.7 Å². The van der Waals surface area contributed by atoms with Crippen LogP contribution in [0.3, 0.4) is 0 Å². The lowest BCUT2D eigenvalue weighted by atomic mass is 10.1. The Hall–Kier alpha value is -1.38. The van der Waals surface area contributed by atoms with Crippen molar-refractivity contribution in [2.24, 2.45) is 0 Å². The second kappa shape index (κ2) is 6.62. The van der Waals surface area contributed by atoms with Crippen molar-refractivity contribution in [3.05, 3.63) is 0 Å². The second-order valence-electron chi connectivity index (χ2n) is 3.92. The molecule has 0 rings (SSSR count). The van der Waals surface area contributed by atoms with Crippen LogP contribution in [0, 0.1) is 0 Å².